The van der Waals surface area contributed by atoms with Crippen molar-refractivity contribution < 1.29 is 9.47 Å². The molecule has 2 fully saturated rings. The SMILES string of the molecule is COc1cc2nc(C#N)cc(NC3CCN(C4CC4)CC3)c2cc1OC. The molecule has 136 valence electrons. The lowest BCUT2D eigenvalue weighted by Gasteiger charge is -2.33. The van der Waals surface area contributed by atoms with Crippen molar-refractivity contribution in [3.8, 4) is 17.6 Å². The lowest BCUT2D eigenvalue weighted by atomic mass is 10.0. The van der Waals surface area contributed by atoms with Crippen LogP contribution in [0.15, 0.2) is 18.2 Å². The molecule has 0 atom stereocenters. The molecule has 26 heavy (non-hydrogen) atoms. The Hall–Kier alpha value is -2.52. The molecule has 0 bridgehead atoms. The molecule has 6 heteroatoms. The first kappa shape index (κ1) is 16.9. The maximum atomic E-state index is 9.35. The number of aromatic nitrogens is 1. The van der Waals surface area contributed by atoms with Gasteiger partial charge in [-0.05, 0) is 37.8 Å². The number of piperidine rings is 1. The van der Waals surface area contributed by atoms with Crippen LogP contribution in [0.4, 0.5) is 5.69 Å². The lowest BCUT2D eigenvalue weighted by Crippen LogP contribution is -2.40. The second-order valence-corrected chi connectivity index (χ2v) is 7.08. The van der Waals surface area contributed by atoms with E-state index in [0.29, 0.717) is 23.2 Å². The van der Waals surface area contributed by atoms with E-state index in [1.165, 1.54) is 12.8 Å². The molecule has 1 aromatic heterocycles. The molecule has 2 heterocycles. The van der Waals surface area contributed by atoms with Crippen molar-refractivity contribution in [3.63, 3.8) is 0 Å². The van der Waals surface area contributed by atoms with Gasteiger partial charge in [0, 0.05) is 42.3 Å². The van der Waals surface area contributed by atoms with Crippen molar-refractivity contribution in [3.05, 3.63) is 23.9 Å². The summed E-state index contributed by atoms with van der Waals surface area (Å²) >= 11 is 0. The monoisotopic (exact) mass is 352 g/mol. The summed E-state index contributed by atoms with van der Waals surface area (Å²) in [5.74, 6) is 1.28. The Morgan fingerprint density at radius 2 is 1.77 bits per heavy atom. The number of likely N-dealkylation sites (tertiary alicyclic amines) is 1. The summed E-state index contributed by atoms with van der Waals surface area (Å²) in [5, 5.41) is 14.0. The number of ether oxygens (including phenoxy) is 2. The maximum absolute atomic E-state index is 9.35. The molecule has 1 saturated carbocycles. The van der Waals surface area contributed by atoms with Crippen LogP contribution in [0.3, 0.4) is 0 Å². The molecule has 0 unspecified atom stereocenters. The fraction of sp³-hybridized carbons (Fsp3) is 0.500. The number of hydrogen-bond donors (Lipinski definition) is 1. The van der Waals surface area contributed by atoms with Crippen LogP contribution in [0.5, 0.6) is 11.5 Å². The summed E-state index contributed by atoms with van der Waals surface area (Å²) in [7, 11) is 3.23. The second-order valence-electron chi connectivity index (χ2n) is 7.08. The molecule has 4 rings (SSSR count). The average Bonchev–Trinajstić information content (AvgIpc) is 3.52. The number of nitriles is 1. The minimum absolute atomic E-state index is 0.405. The van der Waals surface area contributed by atoms with E-state index in [4.69, 9.17) is 9.47 Å². The summed E-state index contributed by atoms with van der Waals surface area (Å²) in [6.07, 6.45) is 4.96. The van der Waals surface area contributed by atoms with E-state index in [1.807, 2.05) is 18.2 Å². The molecule has 1 aliphatic heterocycles. The number of fused-ring (bicyclic) bond motifs is 1. The fourth-order valence-corrected chi connectivity index (χ4v) is 3.80. The molecule has 1 aliphatic carbocycles. The molecule has 0 radical (unpaired) electrons. The van der Waals surface area contributed by atoms with Crippen LogP contribution >= 0.6 is 0 Å². The van der Waals surface area contributed by atoms with Crippen molar-refractivity contribution in [1.82, 2.24) is 9.88 Å². The van der Waals surface area contributed by atoms with E-state index in [-0.39, 0.29) is 0 Å². The van der Waals surface area contributed by atoms with Crippen LogP contribution in [0.2, 0.25) is 0 Å². The molecule has 6 nitrogen and oxygen atoms in total. The van der Waals surface area contributed by atoms with E-state index >= 15 is 0 Å². The van der Waals surface area contributed by atoms with Gasteiger partial charge in [-0.3, -0.25) is 0 Å². The van der Waals surface area contributed by atoms with Crippen LogP contribution < -0.4 is 14.8 Å². The normalized spacial score (nSPS) is 18.5. The van der Waals surface area contributed by atoms with E-state index in [9.17, 15) is 5.26 Å². The predicted octanol–water partition coefficient (Wildman–Crippen LogP) is 3.16. The Morgan fingerprint density at radius 3 is 2.38 bits per heavy atom. The quantitative estimate of drug-likeness (QED) is 0.891. The minimum Gasteiger partial charge on any atom is -0.493 e. The van der Waals surface area contributed by atoms with E-state index in [1.54, 1.807) is 14.2 Å². The number of pyridine rings is 1. The molecule has 2 aliphatic rings. The number of rotatable bonds is 5. The van der Waals surface area contributed by atoms with Gasteiger partial charge in [0.2, 0.25) is 0 Å². The summed E-state index contributed by atoms with van der Waals surface area (Å²) in [4.78, 5) is 7.04. The Kier molecular flexibility index (Phi) is 4.56. The van der Waals surface area contributed by atoms with Gasteiger partial charge in [0.15, 0.2) is 11.5 Å². The molecule has 0 amide bonds. The smallest absolute Gasteiger partial charge is 0.162 e. The standard InChI is InChI=1S/C20H24N4O2/c1-25-19-10-16-17(9-14(12-21)23-18(16)11-20(19)26-2)22-13-5-7-24(8-6-13)15-3-4-15/h9-11,13,15H,3-8H2,1-2H3,(H,22,23). The highest BCUT2D eigenvalue weighted by Gasteiger charge is 2.31. The van der Waals surface area contributed by atoms with Crippen molar-refractivity contribution in [2.75, 3.05) is 32.6 Å². The van der Waals surface area contributed by atoms with Gasteiger partial charge in [0.05, 0.1) is 19.7 Å². The largest absolute Gasteiger partial charge is 0.493 e. The van der Waals surface area contributed by atoms with Crippen LogP contribution in [0.1, 0.15) is 31.4 Å². The highest BCUT2D eigenvalue weighted by atomic mass is 16.5. The summed E-state index contributed by atoms with van der Waals surface area (Å²) in [6.45, 7) is 2.29. The Balaban J connectivity index is 1.63. The number of nitrogens with one attached hydrogen (secondary N) is 1. The number of methoxy groups -OCH3 is 2. The lowest BCUT2D eigenvalue weighted by molar-refractivity contribution is 0.210. The fourth-order valence-electron chi connectivity index (χ4n) is 3.80. The Bertz CT molecular complexity index is 849. The highest BCUT2D eigenvalue weighted by molar-refractivity contribution is 5.94. The topological polar surface area (TPSA) is 70.4 Å². The third-order valence-corrected chi connectivity index (χ3v) is 5.38. The van der Waals surface area contributed by atoms with Gasteiger partial charge in [-0.15, -0.1) is 0 Å². The minimum atomic E-state index is 0.405. The van der Waals surface area contributed by atoms with Crippen molar-refractivity contribution in [2.45, 2.75) is 37.8 Å². The first-order valence-electron chi connectivity index (χ1n) is 9.19. The summed E-state index contributed by atoms with van der Waals surface area (Å²) in [6, 6.07) is 9.01. The van der Waals surface area contributed by atoms with E-state index < -0.39 is 0 Å². The number of benzene rings is 1. The molecular weight excluding hydrogens is 328 g/mol. The molecular formula is C20H24N4O2. The zero-order valence-electron chi connectivity index (χ0n) is 15.3. The Morgan fingerprint density at radius 1 is 1.08 bits per heavy atom. The second kappa shape index (κ2) is 7.00. The van der Waals surface area contributed by atoms with Gasteiger partial charge in [-0.25, -0.2) is 4.98 Å². The zero-order valence-corrected chi connectivity index (χ0v) is 15.3. The Labute approximate surface area is 153 Å². The third-order valence-electron chi connectivity index (χ3n) is 5.38. The summed E-state index contributed by atoms with van der Waals surface area (Å²) in [5.41, 5.74) is 2.08. The van der Waals surface area contributed by atoms with Gasteiger partial charge >= 0.3 is 0 Å². The van der Waals surface area contributed by atoms with Gasteiger partial charge in [-0.1, -0.05) is 0 Å². The molecule has 1 aromatic carbocycles. The van der Waals surface area contributed by atoms with Crippen LogP contribution in [-0.2, 0) is 0 Å². The van der Waals surface area contributed by atoms with Gasteiger partial charge < -0.3 is 19.7 Å². The van der Waals surface area contributed by atoms with Crippen molar-refractivity contribution >= 4 is 16.6 Å². The average molecular weight is 352 g/mol. The zero-order chi connectivity index (χ0) is 18.1. The first-order chi connectivity index (χ1) is 12.7. The highest BCUT2D eigenvalue weighted by Crippen LogP contribution is 2.36. The van der Waals surface area contributed by atoms with E-state index in [0.717, 1.165) is 48.6 Å². The van der Waals surface area contributed by atoms with Gasteiger partial charge in [0.25, 0.3) is 0 Å². The van der Waals surface area contributed by atoms with Crippen LogP contribution in [0, 0.1) is 11.3 Å². The first-order valence-corrected chi connectivity index (χ1v) is 9.19. The summed E-state index contributed by atoms with van der Waals surface area (Å²) < 4.78 is 10.8. The molecule has 1 saturated heterocycles. The van der Waals surface area contributed by atoms with Gasteiger partial charge in [0.1, 0.15) is 11.8 Å². The van der Waals surface area contributed by atoms with Crippen LogP contribution in [-0.4, -0.2) is 49.3 Å². The van der Waals surface area contributed by atoms with Crippen molar-refractivity contribution in [2.24, 2.45) is 0 Å². The molecule has 0 spiro atoms. The van der Waals surface area contributed by atoms with Crippen LogP contribution in [0.25, 0.3) is 10.9 Å². The molecule has 2 aromatic rings. The maximum Gasteiger partial charge on any atom is 0.162 e. The van der Waals surface area contributed by atoms with E-state index in [2.05, 4.69) is 21.3 Å². The number of hydrogen-bond acceptors (Lipinski definition) is 6. The number of anilines is 1. The third kappa shape index (κ3) is 3.27. The van der Waals surface area contributed by atoms with Crippen molar-refractivity contribution in [1.29, 1.82) is 5.26 Å². The van der Waals surface area contributed by atoms with Gasteiger partial charge in [-0.2, -0.15) is 5.26 Å². The predicted molar refractivity (Wildman–Crippen MR) is 101 cm³/mol. The molecule has 1 N–H and O–H groups in total. The number of nitrogens with zero attached hydrogens (tertiary/aromatic N) is 3.